The van der Waals surface area contributed by atoms with Gasteiger partial charge in [-0.1, -0.05) is 48.0 Å². The highest BCUT2D eigenvalue weighted by Crippen LogP contribution is 2.25. The van der Waals surface area contributed by atoms with Crippen LogP contribution in [-0.4, -0.2) is 25.3 Å². The van der Waals surface area contributed by atoms with E-state index >= 15 is 0 Å². The quantitative estimate of drug-likeness (QED) is 0.486. The minimum atomic E-state index is -0.362. The van der Waals surface area contributed by atoms with E-state index in [1.807, 2.05) is 49.4 Å². The topological polar surface area (TPSA) is 59.9 Å². The molecule has 0 aliphatic rings. The van der Waals surface area contributed by atoms with Crippen LogP contribution < -0.4 is 14.9 Å². The van der Waals surface area contributed by atoms with Crippen molar-refractivity contribution < 1.29 is 14.3 Å². The Bertz CT molecular complexity index is 967. The molecule has 3 aromatic carbocycles. The molecular weight excluding hydrogens is 364 g/mol. The molecule has 1 N–H and O–H groups in total. The van der Waals surface area contributed by atoms with Crippen LogP contribution in [0.25, 0.3) is 10.8 Å². The van der Waals surface area contributed by atoms with Gasteiger partial charge in [-0.05, 0) is 36.6 Å². The lowest BCUT2D eigenvalue weighted by molar-refractivity contribution is -0.123. The SMILES string of the molecule is CCOc1ccc(Cl)cc1/C=N/NC(=O)COc1cccc2ccccc12. The van der Waals surface area contributed by atoms with Crippen LogP contribution in [-0.2, 0) is 4.79 Å². The lowest BCUT2D eigenvalue weighted by atomic mass is 10.1. The summed E-state index contributed by atoms with van der Waals surface area (Å²) in [5.41, 5.74) is 3.13. The minimum absolute atomic E-state index is 0.140. The maximum Gasteiger partial charge on any atom is 0.277 e. The van der Waals surface area contributed by atoms with E-state index in [2.05, 4.69) is 10.5 Å². The van der Waals surface area contributed by atoms with Gasteiger partial charge >= 0.3 is 0 Å². The second-order valence-corrected chi connectivity index (χ2v) is 6.11. The first kappa shape index (κ1) is 18.7. The average molecular weight is 383 g/mol. The first-order valence-electron chi connectivity index (χ1n) is 8.52. The summed E-state index contributed by atoms with van der Waals surface area (Å²) >= 11 is 6.00. The number of fused-ring (bicyclic) bond motifs is 1. The fourth-order valence-electron chi connectivity index (χ4n) is 2.58. The second-order valence-electron chi connectivity index (χ2n) is 5.67. The predicted molar refractivity (Wildman–Crippen MR) is 108 cm³/mol. The summed E-state index contributed by atoms with van der Waals surface area (Å²) in [5, 5.41) is 6.53. The van der Waals surface area contributed by atoms with Crippen LogP contribution in [0.15, 0.2) is 65.8 Å². The highest BCUT2D eigenvalue weighted by Gasteiger charge is 2.06. The van der Waals surface area contributed by atoms with Crippen LogP contribution in [0.5, 0.6) is 11.5 Å². The molecule has 3 rings (SSSR count). The number of hydrogen-bond acceptors (Lipinski definition) is 4. The summed E-state index contributed by atoms with van der Waals surface area (Å²) in [6.45, 7) is 2.27. The normalized spacial score (nSPS) is 10.9. The van der Waals surface area contributed by atoms with E-state index in [9.17, 15) is 4.79 Å². The van der Waals surface area contributed by atoms with E-state index in [1.54, 1.807) is 18.2 Å². The van der Waals surface area contributed by atoms with Gasteiger partial charge in [-0.3, -0.25) is 4.79 Å². The Kier molecular flexibility index (Phi) is 6.28. The van der Waals surface area contributed by atoms with Crippen molar-refractivity contribution in [3.8, 4) is 11.5 Å². The number of carbonyl (C=O) groups is 1. The molecule has 0 heterocycles. The Morgan fingerprint density at radius 2 is 1.89 bits per heavy atom. The van der Waals surface area contributed by atoms with Crippen molar-refractivity contribution in [2.75, 3.05) is 13.2 Å². The van der Waals surface area contributed by atoms with Gasteiger partial charge in [0, 0.05) is 16.0 Å². The fourth-order valence-corrected chi connectivity index (χ4v) is 2.76. The van der Waals surface area contributed by atoms with Crippen molar-refractivity contribution in [3.63, 3.8) is 0 Å². The first-order valence-corrected chi connectivity index (χ1v) is 8.90. The summed E-state index contributed by atoms with van der Waals surface area (Å²) in [6.07, 6.45) is 1.49. The molecule has 0 saturated heterocycles. The van der Waals surface area contributed by atoms with Gasteiger partial charge in [0.1, 0.15) is 11.5 Å². The molecule has 1 amide bonds. The van der Waals surface area contributed by atoms with Crippen LogP contribution in [0.4, 0.5) is 0 Å². The molecule has 0 fully saturated rings. The van der Waals surface area contributed by atoms with Crippen molar-refractivity contribution in [2.24, 2.45) is 5.10 Å². The molecule has 0 aliphatic carbocycles. The van der Waals surface area contributed by atoms with Gasteiger partial charge in [0.25, 0.3) is 5.91 Å². The van der Waals surface area contributed by atoms with Gasteiger partial charge in [-0.25, -0.2) is 5.43 Å². The van der Waals surface area contributed by atoms with Crippen LogP contribution in [0.3, 0.4) is 0 Å². The maximum atomic E-state index is 12.0. The summed E-state index contributed by atoms with van der Waals surface area (Å²) in [5.74, 6) is 0.937. The number of hydrogen-bond donors (Lipinski definition) is 1. The molecule has 3 aromatic rings. The maximum absolute atomic E-state index is 12.0. The van der Waals surface area contributed by atoms with Crippen LogP contribution in [0, 0.1) is 0 Å². The first-order chi connectivity index (χ1) is 13.2. The number of carbonyl (C=O) groups excluding carboxylic acids is 1. The van der Waals surface area contributed by atoms with Crippen molar-refractivity contribution in [3.05, 3.63) is 71.2 Å². The average Bonchev–Trinajstić information content (AvgIpc) is 2.68. The number of nitrogens with zero attached hydrogens (tertiary/aromatic N) is 1. The molecular formula is C21H19ClN2O3. The number of benzene rings is 3. The predicted octanol–water partition coefficient (Wildman–Crippen LogP) is 4.42. The Morgan fingerprint density at radius 1 is 1.07 bits per heavy atom. The number of hydrazone groups is 1. The standard InChI is InChI=1S/C21H19ClN2O3/c1-2-26-19-11-10-17(22)12-16(19)13-23-24-21(25)14-27-20-9-5-7-15-6-3-4-8-18(15)20/h3-13H,2,14H2,1H3,(H,24,25)/b23-13+. The number of rotatable bonds is 7. The van der Waals surface area contributed by atoms with Crippen molar-refractivity contribution in [2.45, 2.75) is 6.92 Å². The van der Waals surface area contributed by atoms with Gasteiger partial charge in [-0.15, -0.1) is 0 Å². The molecule has 0 aromatic heterocycles. The third-order valence-electron chi connectivity index (χ3n) is 3.77. The van der Waals surface area contributed by atoms with Crippen molar-refractivity contribution in [1.82, 2.24) is 5.43 Å². The largest absolute Gasteiger partial charge is 0.493 e. The van der Waals surface area contributed by atoms with Crippen LogP contribution >= 0.6 is 11.6 Å². The van der Waals surface area contributed by atoms with Crippen molar-refractivity contribution >= 4 is 34.5 Å². The smallest absolute Gasteiger partial charge is 0.277 e. The summed E-state index contributed by atoms with van der Waals surface area (Å²) in [7, 11) is 0. The lowest BCUT2D eigenvalue weighted by Gasteiger charge is -2.09. The molecule has 138 valence electrons. The Hall–Kier alpha value is -3.05. The highest BCUT2D eigenvalue weighted by atomic mass is 35.5. The van der Waals surface area contributed by atoms with Crippen LogP contribution in [0.1, 0.15) is 12.5 Å². The monoisotopic (exact) mass is 382 g/mol. The Balaban J connectivity index is 1.60. The van der Waals surface area contributed by atoms with Gasteiger partial charge < -0.3 is 9.47 Å². The molecule has 27 heavy (non-hydrogen) atoms. The van der Waals surface area contributed by atoms with E-state index in [1.165, 1.54) is 6.21 Å². The van der Waals surface area contributed by atoms with E-state index < -0.39 is 0 Å². The third kappa shape index (κ3) is 4.99. The molecule has 5 nitrogen and oxygen atoms in total. The van der Waals surface area contributed by atoms with E-state index in [-0.39, 0.29) is 12.5 Å². The summed E-state index contributed by atoms with van der Waals surface area (Å²) in [4.78, 5) is 12.0. The summed E-state index contributed by atoms with van der Waals surface area (Å²) in [6, 6.07) is 18.8. The second kappa shape index (κ2) is 9.05. The molecule has 6 heteroatoms. The minimum Gasteiger partial charge on any atom is -0.493 e. The number of ether oxygens (including phenoxy) is 2. The third-order valence-corrected chi connectivity index (χ3v) is 4.01. The van der Waals surface area contributed by atoms with Gasteiger partial charge in [-0.2, -0.15) is 5.10 Å². The van der Waals surface area contributed by atoms with E-state index in [0.29, 0.717) is 28.7 Å². The van der Waals surface area contributed by atoms with E-state index in [0.717, 1.165) is 10.8 Å². The molecule has 0 radical (unpaired) electrons. The highest BCUT2D eigenvalue weighted by molar-refractivity contribution is 6.30. The molecule has 0 saturated carbocycles. The zero-order valence-corrected chi connectivity index (χ0v) is 15.6. The van der Waals surface area contributed by atoms with Gasteiger partial charge in [0.05, 0.1) is 12.8 Å². The van der Waals surface area contributed by atoms with E-state index in [4.69, 9.17) is 21.1 Å². The number of halogens is 1. The molecule has 0 atom stereocenters. The molecule has 0 aliphatic heterocycles. The molecule has 0 spiro atoms. The zero-order valence-electron chi connectivity index (χ0n) is 14.8. The number of amides is 1. The van der Waals surface area contributed by atoms with Crippen molar-refractivity contribution in [1.29, 1.82) is 0 Å². The zero-order chi connectivity index (χ0) is 19.1. The molecule has 0 unspecified atom stereocenters. The summed E-state index contributed by atoms with van der Waals surface area (Å²) < 4.78 is 11.1. The van der Waals surface area contributed by atoms with Crippen LogP contribution in [0.2, 0.25) is 5.02 Å². The van der Waals surface area contributed by atoms with Gasteiger partial charge in [0.15, 0.2) is 6.61 Å². The molecule has 0 bridgehead atoms. The number of nitrogens with one attached hydrogen (secondary N) is 1. The Morgan fingerprint density at radius 3 is 2.74 bits per heavy atom. The van der Waals surface area contributed by atoms with Gasteiger partial charge in [0.2, 0.25) is 0 Å². The lowest BCUT2D eigenvalue weighted by Crippen LogP contribution is -2.24. The Labute approximate surface area is 162 Å². The fraction of sp³-hybridized carbons (Fsp3) is 0.143.